The van der Waals surface area contributed by atoms with Crippen LogP contribution in [0, 0.1) is 5.92 Å². The van der Waals surface area contributed by atoms with Crippen LogP contribution in [-0.4, -0.2) is 11.1 Å². The summed E-state index contributed by atoms with van der Waals surface area (Å²) < 4.78 is 0. The van der Waals surface area contributed by atoms with E-state index in [1.807, 2.05) is 18.2 Å². The summed E-state index contributed by atoms with van der Waals surface area (Å²) in [6.45, 7) is 8.42. The van der Waals surface area contributed by atoms with Gasteiger partial charge in [0.1, 0.15) is 0 Å². The van der Waals surface area contributed by atoms with E-state index in [9.17, 15) is 9.90 Å². The highest BCUT2D eigenvalue weighted by molar-refractivity contribution is 8.11. The number of benzene rings is 2. The third kappa shape index (κ3) is 3.35. The minimum absolute atomic E-state index is 0.323. The summed E-state index contributed by atoms with van der Waals surface area (Å²) in [5, 5.41) is 11.3. The molecule has 1 saturated carbocycles. The van der Waals surface area contributed by atoms with E-state index in [1.165, 1.54) is 28.2 Å². The first-order valence-corrected chi connectivity index (χ1v) is 8.59. The molecule has 2 aromatic rings. The van der Waals surface area contributed by atoms with Gasteiger partial charge in [0, 0.05) is 4.91 Å². The molecule has 1 fully saturated rings. The maximum atomic E-state index is 11.3. The standard InChI is InChI=1S/C20H20O2S/c1-12(2)19(23-13(3)14-7-8-14)17-6-4-5-15-9-10-16(20(21)22)11-18(15)17/h4-6,9-11,14H,3,7-8H2,1-2H3,(H,21,22). The van der Waals surface area contributed by atoms with Crippen molar-refractivity contribution in [1.82, 2.24) is 0 Å². The number of carboxylic acid groups (broad SMARTS) is 1. The summed E-state index contributed by atoms with van der Waals surface area (Å²) in [6.07, 6.45) is 2.47. The van der Waals surface area contributed by atoms with Gasteiger partial charge in [0.05, 0.1) is 5.56 Å². The highest BCUT2D eigenvalue weighted by Gasteiger charge is 2.26. The molecule has 0 unspecified atom stereocenters. The van der Waals surface area contributed by atoms with Crippen molar-refractivity contribution in [3.05, 3.63) is 64.6 Å². The molecule has 0 spiro atoms. The van der Waals surface area contributed by atoms with Crippen LogP contribution >= 0.6 is 11.8 Å². The molecule has 0 radical (unpaired) electrons. The first kappa shape index (κ1) is 15.9. The number of carboxylic acids is 1. The van der Waals surface area contributed by atoms with Crippen molar-refractivity contribution in [3.63, 3.8) is 0 Å². The van der Waals surface area contributed by atoms with Crippen molar-refractivity contribution in [3.8, 4) is 0 Å². The molecule has 2 aromatic carbocycles. The molecule has 0 bridgehead atoms. The molecule has 1 aliphatic carbocycles. The Morgan fingerprint density at radius 1 is 1.22 bits per heavy atom. The molecular formula is C20H20O2S. The minimum atomic E-state index is -0.893. The van der Waals surface area contributed by atoms with Crippen molar-refractivity contribution in [2.75, 3.05) is 0 Å². The summed E-state index contributed by atoms with van der Waals surface area (Å²) in [4.78, 5) is 13.7. The van der Waals surface area contributed by atoms with Crippen LogP contribution < -0.4 is 0 Å². The lowest BCUT2D eigenvalue weighted by Gasteiger charge is -2.14. The summed E-state index contributed by atoms with van der Waals surface area (Å²) in [5.41, 5.74) is 2.64. The summed E-state index contributed by atoms with van der Waals surface area (Å²) in [6, 6.07) is 11.4. The zero-order chi connectivity index (χ0) is 16.6. The highest BCUT2D eigenvalue weighted by atomic mass is 32.2. The van der Waals surface area contributed by atoms with Crippen LogP contribution in [-0.2, 0) is 0 Å². The summed E-state index contributed by atoms with van der Waals surface area (Å²) in [5.74, 6) is -0.255. The zero-order valence-corrected chi connectivity index (χ0v) is 14.2. The molecule has 0 aromatic heterocycles. The lowest BCUT2D eigenvalue weighted by molar-refractivity contribution is 0.0697. The van der Waals surface area contributed by atoms with E-state index in [0.29, 0.717) is 11.5 Å². The Hall–Kier alpha value is -2.00. The Balaban J connectivity index is 2.11. The van der Waals surface area contributed by atoms with Crippen molar-refractivity contribution in [2.45, 2.75) is 26.7 Å². The first-order valence-electron chi connectivity index (χ1n) is 7.78. The molecule has 0 atom stereocenters. The van der Waals surface area contributed by atoms with Gasteiger partial charge in [-0.25, -0.2) is 4.79 Å². The van der Waals surface area contributed by atoms with Gasteiger partial charge in [-0.2, -0.15) is 0 Å². The Morgan fingerprint density at radius 3 is 2.57 bits per heavy atom. The van der Waals surface area contributed by atoms with Gasteiger partial charge < -0.3 is 5.11 Å². The van der Waals surface area contributed by atoms with Gasteiger partial charge >= 0.3 is 5.97 Å². The van der Waals surface area contributed by atoms with Gasteiger partial charge in [0.25, 0.3) is 0 Å². The molecule has 0 aliphatic heterocycles. The Bertz CT molecular complexity index is 825. The highest BCUT2D eigenvalue weighted by Crippen LogP contribution is 2.47. The Labute approximate surface area is 140 Å². The molecule has 23 heavy (non-hydrogen) atoms. The maximum Gasteiger partial charge on any atom is 0.335 e. The van der Waals surface area contributed by atoms with Gasteiger partial charge in [-0.05, 0) is 66.0 Å². The molecule has 0 saturated heterocycles. The number of fused-ring (bicyclic) bond motifs is 1. The number of allylic oxidation sites excluding steroid dienone is 2. The second-order valence-electron chi connectivity index (χ2n) is 6.22. The fourth-order valence-electron chi connectivity index (χ4n) is 2.65. The molecule has 1 N–H and O–H groups in total. The SMILES string of the molecule is C=C(SC(=C(C)C)c1cccc2ccc(C(=O)O)cc12)C1CC1. The summed E-state index contributed by atoms with van der Waals surface area (Å²) in [7, 11) is 0. The van der Waals surface area contributed by atoms with Gasteiger partial charge in [-0.15, -0.1) is 0 Å². The van der Waals surface area contributed by atoms with Gasteiger partial charge in [-0.3, -0.25) is 0 Å². The van der Waals surface area contributed by atoms with Crippen LogP contribution in [0.4, 0.5) is 0 Å². The fourth-order valence-corrected chi connectivity index (χ4v) is 3.81. The van der Waals surface area contributed by atoms with E-state index in [2.05, 4.69) is 26.5 Å². The molecule has 118 valence electrons. The van der Waals surface area contributed by atoms with E-state index in [4.69, 9.17) is 0 Å². The smallest absolute Gasteiger partial charge is 0.335 e. The minimum Gasteiger partial charge on any atom is -0.478 e. The number of hydrogen-bond acceptors (Lipinski definition) is 2. The lowest BCUT2D eigenvalue weighted by atomic mass is 10.0. The van der Waals surface area contributed by atoms with Crippen molar-refractivity contribution in [1.29, 1.82) is 0 Å². The van der Waals surface area contributed by atoms with Crippen LogP contribution in [0.3, 0.4) is 0 Å². The van der Waals surface area contributed by atoms with E-state index in [1.54, 1.807) is 23.9 Å². The van der Waals surface area contributed by atoms with E-state index >= 15 is 0 Å². The summed E-state index contributed by atoms with van der Waals surface area (Å²) >= 11 is 1.74. The molecule has 1 aliphatic rings. The average molecular weight is 324 g/mol. The predicted octanol–water partition coefficient (Wildman–Crippen LogP) is 5.95. The topological polar surface area (TPSA) is 37.3 Å². The zero-order valence-electron chi connectivity index (χ0n) is 13.4. The van der Waals surface area contributed by atoms with E-state index in [-0.39, 0.29) is 0 Å². The van der Waals surface area contributed by atoms with Crippen molar-refractivity contribution < 1.29 is 9.90 Å². The van der Waals surface area contributed by atoms with Crippen LogP contribution in [0.15, 0.2) is 53.5 Å². The van der Waals surface area contributed by atoms with Crippen molar-refractivity contribution in [2.24, 2.45) is 5.92 Å². The number of rotatable bonds is 5. The molecule has 0 heterocycles. The predicted molar refractivity (Wildman–Crippen MR) is 98.6 cm³/mol. The number of thioether (sulfide) groups is 1. The van der Waals surface area contributed by atoms with Crippen LogP contribution in [0.2, 0.25) is 0 Å². The largest absolute Gasteiger partial charge is 0.478 e. The normalized spacial score (nSPS) is 13.8. The third-order valence-electron chi connectivity index (χ3n) is 4.09. The first-order chi connectivity index (χ1) is 11.0. The molecule has 2 nitrogen and oxygen atoms in total. The molecule has 0 amide bonds. The van der Waals surface area contributed by atoms with Crippen LogP contribution in [0.25, 0.3) is 15.7 Å². The molecule has 3 heteroatoms. The van der Waals surface area contributed by atoms with E-state index in [0.717, 1.165) is 16.3 Å². The fraction of sp³-hybridized carbons (Fsp3) is 0.250. The Morgan fingerprint density at radius 2 is 1.96 bits per heavy atom. The maximum absolute atomic E-state index is 11.3. The van der Waals surface area contributed by atoms with Gasteiger partial charge in [-0.1, -0.05) is 48.2 Å². The molecule has 3 rings (SSSR count). The lowest BCUT2D eigenvalue weighted by Crippen LogP contribution is -1.96. The number of aromatic carboxylic acids is 1. The Kier molecular flexibility index (Phi) is 4.31. The van der Waals surface area contributed by atoms with E-state index < -0.39 is 5.97 Å². The van der Waals surface area contributed by atoms with Crippen LogP contribution in [0.5, 0.6) is 0 Å². The third-order valence-corrected chi connectivity index (χ3v) is 5.52. The average Bonchev–Trinajstić information content (AvgIpc) is 3.36. The van der Waals surface area contributed by atoms with Gasteiger partial charge in [0.15, 0.2) is 0 Å². The quantitative estimate of drug-likeness (QED) is 0.739. The second-order valence-corrected chi connectivity index (χ2v) is 7.36. The van der Waals surface area contributed by atoms with Gasteiger partial charge in [0.2, 0.25) is 0 Å². The molecular weight excluding hydrogens is 304 g/mol. The monoisotopic (exact) mass is 324 g/mol. The van der Waals surface area contributed by atoms with Crippen LogP contribution in [0.1, 0.15) is 42.6 Å². The second kappa shape index (κ2) is 6.25. The number of hydrogen-bond donors (Lipinski definition) is 1. The number of carbonyl (C=O) groups is 1. The van der Waals surface area contributed by atoms with Crippen molar-refractivity contribution >= 4 is 33.4 Å².